The fourth-order valence-corrected chi connectivity index (χ4v) is 8.17. The van der Waals surface area contributed by atoms with Gasteiger partial charge in [0, 0.05) is 37.2 Å². The highest BCUT2D eigenvalue weighted by molar-refractivity contribution is 5.93. The minimum Gasteiger partial charge on any atom is -0.550 e. The number of carbonyl (C=O) groups is 4. The van der Waals surface area contributed by atoms with Crippen molar-refractivity contribution in [3.8, 4) is 0 Å². The summed E-state index contributed by atoms with van der Waals surface area (Å²) in [5, 5.41) is 71.9. The van der Waals surface area contributed by atoms with Crippen LogP contribution in [0.4, 0.5) is 0 Å². The van der Waals surface area contributed by atoms with Gasteiger partial charge >= 0.3 is 0 Å². The predicted molar refractivity (Wildman–Crippen MR) is 205 cm³/mol. The van der Waals surface area contributed by atoms with E-state index < -0.39 is 105 Å². The van der Waals surface area contributed by atoms with Crippen molar-refractivity contribution in [3.05, 3.63) is 0 Å². The number of aliphatic carboxylic acids is 1. The first-order chi connectivity index (χ1) is 27.5. The number of hydrogen-bond acceptors (Lipinski definition) is 15. The second-order valence-electron chi connectivity index (χ2n) is 16.9. The lowest BCUT2D eigenvalue weighted by Crippen LogP contribution is -2.71. The first-order valence-corrected chi connectivity index (χ1v) is 21.5. The third-order valence-corrected chi connectivity index (χ3v) is 12.1. The highest BCUT2D eigenvalue weighted by Crippen LogP contribution is 2.34. The average Bonchev–Trinajstić information content (AvgIpc) is 3.69. The molecule has 0 bridgehead atoms. The summed E-state index contributed by atoms with van der Waals surface area (Å²) in [7, 11) is 0. The Bertz CT molecular complexity index is 1270. The number of carboxylic acids is 1. The van der Waals surface area contributed by atoms with Crippen molar-refractivity contribution in [2.75, 3.05) is 19.8 Å². The Kier molecular flexibility index (Phi) is 21.6. The van der Waals surface area contributed by atoms with E-state index in [9.17, 15) is 54.9 Å². The molecule has 6 unspecified atom stereocenters. The van der Waals surface area contributed by atoms with Gasteiger partial charge < -0.3 is 70.1 Å². The predicted octanol–water partition coefficient (Wildman–Crippen LogP) is -0.876. The van der Waals surface area contributed by atoms with Crippen molar-refractivity contribution in [2.24, 2.45) is 17.8 Å². The molecule has 58 heavy (non-hydrogen) atoms. The monoisotopic (exact) mass is 832 g/mol. The number of Topliss-reactive ketones (excluding diaryl/α,β-unsaturated/α-hetero) is 2. The molecular weight excluding hydrogens is 760 g/mol. The average molecular weight is 833 g/mol. The van der Waals surface area contributed by atoms with Gasteiger partial charge in [-0.05, 0) is 44.9 Å². The zero-order valence-corrected chi connectivity index (χ0v) is 34.9. The van der Waals surface area contributed by atoms with E-state index in [2.05, 4.69) is 5.73 Å². The van der Waals surface area contributed by atoms with Gasteiger partial charge in [-0.1, -0.05) is 72.1 Å². The molecule has 3 fully saturated rings. The van der Waals surface area contributed by atoms with Gasteiger partial charge in [0.15, 0.2) is 30.2 Å². The number of hydrogen-bond donors (Lipinski definition) is 7. The van der Waals surface area contributed by atoms with E-state index in [1.165, 1.54) is 0 Å². The van der Waals surface area contributed by atoms with Gasteiger partial charge in [0.1, 0.15) is 42.7 Å². The molecule has 17 heteroatoms. The molecule has 3 aliphatic heterocycles. The lowest BCUT2D eigenvalue weighted by atomic mass is 9.86. The number of aliphatic hydroxyl groups excluding tert-OH is 6. The molecule has 1 amide bonds. The van der Waals surface area contributed by atoms with Crippen LogP contribution < -0.4 is 10.8 Å². The van der Waals surface area contributed by atoms with Crippen molar-refractivity contribution >= 4 is 23.4 Å². The number of nitrogens with zero attached hydrogens (tertiary/aromatic N) is 1. The lowest BCUT2D eigenvalue weighted by Gasteiger charge is -2.47. The summed E-state index contributed by atoms with van der Waals surface area (Å²) in [6, 6.07) is -1.46. The van der Waals surface area contributed by atoms with E-state index in [0.29, 0.717) is 32.2 Å². The van der Waals surface area contributed by atoms with Gasteiger partial charge in [-0.25, -0.2) is 0 Å². The number of carboxylic acid groups (broad SMARTS) is 1. The quantitative estimate of drug-likeness (QED) is 0.0522. The van der Waals surface area contributed by atoms with Crippen LogP contribution in [0, 0.1) is 17.8 Å². The van der Waals surface area contributed by atoms with Gasteiger partial charge in [-0.15, -0.1) is 0 Å². The van der Waals surface area contributed by atoms with Crippen LogP contribution in [0.3, 0.4) is 0 Å². The molecule has 9 N–H and O–H groups in total. The summed E-state index contributed by atoms with van der Waals surface area (Å²) in [4.78, 5) is 53.1. The largest absolute Gasteiger partial charge is 0.550 e. The van der Waals surface area contributed by atoms with E-state index in [-0.39, 0.29) is 36.2 Å². The third kappa shape index (κ3) is 14.2. The van der Waals surface area contributed by atoms with Crippen molar-refractivity contribution < 1.29 is 79.6 Å². The van der Waals surface area contributed by atoms with Gasteiger partial charge in [0.25, 0.3) is 0 Å². The molecule has 17 nitrogen and oxygen atoms in total. The van der Waals surface area contributed by atoms with E-state index in [1.54, 1.807) is 18.7 Å². The zero-order valence-electron chi connectivity index (χ0n) is 34.9. The standard InChI is InChI=1S/C41H72N2O15/c1-23(2)26(39(54)43-19-15-16-27(43)28(46)17-13-11-9-7-5-6-8-10-12-14-18-32(48)49)20-29(47)33(42)25(4)55-40-24(3)38(35(51)31(22-45)56-40)58-41-37(53)36(52)34(50)30(21-44)57-41/h23-27,30-31,33-38,40-41,44-45,50-53H,5-22,42H2,1-4H3,(H,48,49)/t24?,25?,26?,27-,30?,31?,33-,34-,35-,36-,37?,38+,40-,41-/m0/s1. The van der Waals surface area contributed by atoms with Crippen LogP contribution in [-0.4, -0.2) is 152 Å². The van der Waals surface area contributed by atoms with Crippen LogP contribution in [0.2, 0.25) is 0 Å². The molecule has 0 spiro atoms. The smallest absolute Gasteiger partial charge is 0.227 e. The molecule has 3 heterocycles. The molecule has 336 valence electrons. The van der Waals surface area contributed by atoms with Crippen LogP contribution in [-0.2, 0) is 38.1 Å². The molecule has 3 rings (SSSR count). The second kappa shape index (κ2) is 24.9. The van der Waals surface area contributed by atoms with E-state index >= 15 is 0 Å². The van der Waals surface area contributed by atoms with Crippen LogP contribution in [0.25, 0.3) is 0 Å². The summed E-state index contributed by atoms with van der Waals surface area (Å²) in [6.45, 7) is 6.10. The number of unbranched alkanes of at least 4 members (excludes halogenated alkanes) is 9. The van der Waals surface area contributed by atoms with E-state index in [0.717, 1.165) is 57.8 Å². The number of quaternary nitrogens is 1. The minimum absolute atomic E-state index is 0.0510. The summed E-state index contributed by atoms with van der Waals surface area (Å²) in [5.74, 6) is -3.16. The van der Waals surface area contributed by atoms with Crippen molar-refractivity contribution in [3.63, 3.8) is 0 Å². The Labute approximate surface area is 342 Å². The number of rotatable bonds is 26. The topological polar surface area (TPSA) is 281 Å². The molecule has 0 aromatic carbocycles. The van der Waals surface area contributed by atoms with Crippen molar-refractivity contribution in [1.29, 1.82) is 0 Å². The molecular formula is C41H72N2O15. The zero-order chi connectivity index (χ0) is 43.1. The molecule has 0 aromatic rings. The highest BCUT2D eigenvalue weighted by atomic mass is 16.7. The first-order valence-electron chi connectivity index (χ1n) is 21.5. The number of carbonyl (C=O) groups excluding carboxylic acids is 4. The summed E-state index contributed by atoms with van der Waals surface area (Å²) in [6.07, 6.45) is -2.26. The Balaban J connectivity index is 1.51. The fourth-order valence-electron chi connectivity index (χ4n) is 8.17. The maximum Gasteiger partial charge on any atom is 0.227 e. The molecule has 0 aliphatic carbocycles. The van der Waals surface area contributed by atoms with Gasteiger partial charge in [0.05, 0.1) is 25.4 Å². The Morgan fingerprint density at radius 1 is 0.776 bits per heavy atom. The number of aliphatic hydroxyl groups is 6. The third-order valence-electron chi connectivity index (χ3n) is 12.1. The van der Waals surface area contributed by atoms with Crippen molar-refractivity contribution in [2.45, 2.75) is 198 Å². The number of amides is 1. The van der Waals surface area contributed by atoms with Crippen LogP contribution >= 0.6 is 0 Å². The number of likely N-dealkylation sites (tertiary alicyclic amines) is 1. The molecule has 0 radical (unpaired) electrons. The minimum atomic E-state index is -1.73. The van der Waals surface area contributed by atoms with Crippen LogP contribution in [0.1, 0.15) is 124 Å². The SMILES string of the molecule is CC(C)C(CC(=O)[C@@H]([NH3+])C(C)O[C@H]1OC(CO)[C@H](O)[C@H](O[C@@H]2OC(CO)[C@H](O)[C@H](O)C2O)C1C)C(=O)N1CCC[C@H]1C(=O)CCCCCCCCCCCCC(=O)[O-]. The molecule has 14 atom stereocenters. The maximum absolute atomic E-state index is 14.0. The molecule has 3 aliphatic rings. The maximum atomic E-state index is 14.0. The van der Waals surface area contributed by atoms with E-state index in [4.69, 9.17) is 18.9 Å². The number of ether oxygens (including phenoxy) is 4. The van der Waals surface area contributed by atoms with Crippen LogP contribution in [0.15, 0.2) is 0 Å². The Morgan fingerprint density at radius 2 is 1.31 bits per heavy atom. The van der Waals surface area contributed by atoms with Crippen molar-refractivity contribution in [1.82, 2.24) is 4.90 Å². The Hall–Kier alpha value is -2.16. The van der Waals surface area contributed by atoms with Crippen LogP contribution in [0.5, 0.6) is 0 Å². The molecule has 0 saturated carbocycles. The summed E-state index contributed by atoms with van der Waals surface area (Å²) >= 11 is 0. The highest BCUT2D eigenvalue weighted by Gasteiger charge is 2.51. The normalized spacial score (nSPS) is 31.9. The summed E-state index contributed by atoms with van der Waals surface area (Å²) < 4.78 is 23.3. The lowest BCUT2D eigenvalue weighted by molar-refractivity contribution is -0.432. The van der Waals surface area contributed by atoms with E-state index in [1.807, 2.05) is 13.8 Å². The van der Waals surface area contributed by atoms with Gasteiger partial charge in [-0.2, -0.15) is 0 Å². The number of ketones is 2. The molecule has 0 aromatic heterocycles. The van der Waals surface area contributed by atoms with Gasteiger partial charge in [-0.3, -0.25) is 14.4 Å². The molecule has 3 saturated heterocycles. The first kappa shape index (κ1) is 50.2. The van der Waals surface area contributed by atoms with Gasteiger partial charge in [0.2, 0.25) is 5.91 Å². The fraction of sp³-hybridized carbons (Fsp3) is 0.902. The second-order valence-corrected chi connectivity index (χ2v) is 16.9. The summed E-state index contributed by atoms with van der Waals surface area (Å²) in [5.41, 5.74) is 4.05. The Morgan fingerprint density at radius 3 is 1.86 bits per heavy atom.